The second-order valence-electron chi connectivity index (χ2n) is 4.81. The van der Waals surface area contributed by atoms with E-state index >= 15 is 0 Å². The SMILES string of the molecule is Cc1cc(N)cc(S(=O)(=O)NCC(O)C(C)C)c1F. The molecule has 0 aliphatic carbocycles. The summed E-state index contributed by atoms with van der Waals surface area (Å²) in [5.74, 6) is -0.934. The van der Waals surface area contributed by atoms with Gasteiger partial charge in [0.2, 0.25) is 10.0 Å². The summed E-state index contributed by atoms with van der Waals surface area (Å²) in [5, 5.41) is 9.57. The van der Waals surface area contributed by atoms with E-state index in [1.165, 1.54) is 13.0 Å². The number of anilines is 1. The highest BCUT2D eigenvalue weighted by Gasteiger charge is 2.22. The molecular formula is C12H19FN2O3S. The number of aryl methyl sites for hydroxylation is 1. The Morgan fingerprint density at radius 2 is 2.00 bits per heavy atom. The van der Waals surface area contributed by atoms with Crippen molar-refractivity contribution >= 4 is 15.7 Å². The molecule has 0 aromatic heterocycles. The molecule has 1 unspecified atom stereocenters. The number of benzene rings is 1. The molecule has 19 heavy (non-hydrogen) atoms. The van der Waals surface area contributed by atoms with Crippen molar-refractivity contribution in [3.05, 3.63) is 23.5 Å². The minimum absolute atomic E-state index is 0.102. The number of nitrogen functional groups attached to an aromatic ring is 1. The van der Waals surface area contributed by atoms with Crippen LogP contribution in [0.25, 0.3) is 0 Å². The van der Waals surface area contributed by atoms with Crippen LogP contribution < -0.4 is 10.5 Å². The third-order valence-corrected chi connectivity index (χ3v) is 4.21. The van der Waals surface area contributed by atoms with Crippen LogP contribution >= 0.6 is 0 Å². The van der Waals surface area contributed by atoms with Crippen LogP contribution in [0.15, 0.2) is 17.0 Å². The molecule has 4 N–H and O–H groups in total. The molecule has 0 aliphatic rings. The maximum absolute atomic E-state index is 13.8. The van der Waals surface area contributed by atoms with E-state index < -0.39 is 26.8 Å². The Bertz CT molecular complexity index is 558. The van der Waals surface area contributed by atoms with Gasteiger partial charge in [-0.25, -0.2) is 17.5 Å². The summed E-state index contributed by atoms with van der Waals surface area (Å²) >= 11 is 0. The molecule has 0 saturated heterocycles. The predicted molar refractivity (Wildman–Crippen MR) is 71.6 cm³/mol. The summed E-state index contributed by atoms with van der Waals surface area (Å²) in [6, 6.07) is 2.42. The van der Waals surface area contributed by atoms with Crippen molar-refractivity contribution in [3.8, 4) is 0 Å². The largest absolute Gasteiger partial charge is 0.399 e. The average Bonchev–Trinajstić information content (AvgIpc) is 2.30. The van der Waals surface area contributed by atoms with Gasteiger partial charge in [-0.05, 0) is 30.5 Å². The first-order chi connectivity index (χ1) is 8.65. The molecule has 1 atom stereocenters. The Morgan fingerprint density at radius 3 is 2.53 bits per heavy atom. The molecule has 0 aliphatic heterocycles. The van der Waals surface area contributed by atoms with Gasteiger partial charge in [0, 0.05) is 12.2 Å². The molecule has 0 bridgehead atoms. The smallest absolute Gasteiger partial charge is 0.243 e. The van der Waals surface area contributed by atoms with E-state index in [4.69, 9.17) is 5.73 Å². The van der Waals surface area contributed by atoms with Gasteiger partial charge in [-0.2, -0.15) is 0 Å². The summed E-state index contributed by atoms with van der Waals surface area (Å²) in [6.45, 7) is 4.77. The van der Waals surface area contributed by atoms with Gasteiger partial charge >= 0.3 is 0 Å². The van der Waals surface area contributed by atoms with Crippen molar-refractivity contribution in [2.75, 3.05) is 12.3 Å². The van der Waals surface area contributed by atoms with E-state index in [0.717, 1.165) is 6.07 Å². The van der Waals surface area contributed by atoms with Crippen LogP contribution in [0.1, 0.15) is 19.4 Å². The summed E-state index contributed by atoms with van der Waals surface area (Å²) in [6.07, 6.45) is -0.833. The number of sulfonamides is 1. The Kier molecular flexibility index (Phi) is 4.89. The maximum Gasteiger partial charge on any atom is 0.243 e. The number of halogens is 1. The van der Waals surface area contributed by atoms with Crippen LogP contribution in [0, 0.1) is 18.7 Å². The van der Waals surface area contributed by atoms with Crippen LogP contribution in [0.3, 0.4) is 0 Å². The number of rotatable bonds is 5. The lowest BCUT2D eigenvalue weighted by Gasteiger charge is -2.16. The van der Waals surface area contributed by atoms with Crippen LogP contribution in [-0.4, -0.2) is 26.2 Å². The lowest BCUT2D eigenvalue weighted by molar-refractivity contribution is 0.129. The van der Waals surface area contributed by atoms with E-state index in [9.17, 15) is 17.9 Å². The van der Waals surface area contributed by atoms with E-state index in [1.807, 2.05) is 0 Å². The first-order valence-electron chi connectivity index (χ1n) is 5.88. The molecule has 0 saturated carbocycles. The molecule has 0 fully saturated rings. The van der Waals surface area contributed by atoms with Crippen molar-refractivity contribution in [3.63, 3.8) is 0 Å². The quantitative estimate of drug-likeness (QED) is 0.706. The number of nitrogens with two attached hydrogens (primary N) is 1. The molecule has 7 heteroatoms. The van der Waals surface area contributed by atoms with Gasteiger partial charge in [0.05, 0.1) is 6.10 Å². The summed E-state index contributed by atoms with van der Waals surface area (Å²) in [4.78, 5) is -0.499. The average molecular weight is 290 g/mol. The molecule has 1 aromatic rings. The lowest BCUT2D eigenvalue weighted by Crippen LogP contribution is -2.35. The summed E-state index contributed by atoms with van der Waals surface area (Å²) in [7, 11) is -4.03. The fraction of sp³-hybridized carbons (Fsp3) is 0.500. The van der Waals surface area contributed by atoms with Crippen LogP contribution in [0.4, 0.5) is 10.1 Å². The van der Waals surface area contributed by atoms with Gasteiger partial charge < -0.3 is 10.8 Å². The highest BCUT2D eigenvalue weighted by Crippen LogP contribution is 2.21. The first-order valence-corrected chi connectivity index (χ1v) is 7.37. The fourth-order valence-electron chi connectivity index (χ4n) is 1.47. The number of nitrogens with one attached hydrogen (secondary N) is 1. The number of hydrogen-bond donors (Lipinski definition) is 3. The van der Waals surface area contributed by atoms with Crippen LogP contribution in [0.2, 0.25) is 0 Å². The first kappa shape index (κ1) is 15.9. The Labute approximate surface area is 112 Å². The maximum atomic E-state index is 13.8. The molecule has 1 rings (SSSR count). The van der Waals surface area contributed by atoms with Crippen molar-refractivity contribution in [2.45, 2.75) is 31.8 Å². The van der Waals surface area contributed by atoms with Gasteiger partial charge in [-0.15, -0.1) is 0 Å². The molecular weight excluding hydrogens is 271 g/mol. The molecule has 1 aromatic carbocycles. The Morgan fingerprint density at radius 1 is 1.42 bits per heavy atom. The van der Waals surface area contributed by atoms with Crippen molar-refractivity contribution < 1.29 is 17.9 Å². The second-order valence-corrected chi connectivity index (χ2v) is 6.55. The molecule has 108 valence electrons. The van der Waals surface area contributed by atoms with Crippen LogP contribution in [0.5, 0.6) is 0 Å². The lowest BCUT2D eigenvalue weighted by atomic mass is 10.1. The van der Waals surface area contributed by atoms with E-state index in [2.05, 4.69) is 4.72 Å². The van der Waals surface area contributed by atoms with Gasteiger partial charge in [0.15, 0.2) is 0 Å². The highest BCUT2D eigenvalue weighted by atomic mass is 32.2. The third-order valence-electron chi connectivity index (χ3n) is 2.79. The molecule has 0 heterocycles. The van der Waals surface area contributed by atoms with E-state index in [1.54, 1.807) is 13.8 Å². The highest BCUT2D eigenvalue weighted by molar-refractivity contribution is 7.89. The second kappa shape index (κ2) is 5.85. The Hall–Kier alpha value is -1.18. The van der Waals surface area contributed by atoms with Gasteiger partial charge in [-0.1, -0.05) is 13.8 Å². The summed E-state index contributed by atoms with van der Waals surface area (Å²) in [5.41, 5.74) is 5.85. The van der Waals surface area contributed by atoms with E-state index in [-0.39, 0.29) is 23.7 Å². The van der Waals surface area contributed by atoms with Crippen LogP contribution in [-0.2, 0) is 10.0 Å². The van der Waals surface area contributed by atoms with Crippen molar-refractivity contribution in [2.24, 2.45) is 5.92 Å². The van der Waals surface area contributed by atoms with Crippen molar-refractivity contribution in [1.29, 1.82) is 0 Å². The number of hydrogen-bond acceptors (Lipinski definition) is 4. The minimum atomic E-state index is -4.03. The Balaban J connectivity index is 3.01. The van der Waals surface area contributed by atoms with Crippen molar-refractivity contribution in [1.82, 2.24) is 4.72 Å². The third kappa shape index (κ3) is 3.89. The standard InChI is InChI=1S/C12H19FN2O3S/c1-7(2)10(16)6-15-19(17,18)11-5-9(14)4-8(3)12(11)13/h4-5,7,10,15-16H,6,14H2,1-3H3. The molecule has 0 spiro atoms. The van der Waals surface area contributed by atoms with Gasteiger partial charge in [0.25, 0.3) is 0 Å². The molecule has 0 radical (unpaired) electrons. The van der Waals surface area contributed by atoms with E-state index in [0.29, 0.717) is 0 Å². The van der Waals surface area contributed by atoms with Gasteiger partial charge in [0.1, 0.15) is 10.7 Å². The summed E-state index contributed by atoms with van der Waals surface area (Å²) < 4.78 is 39.9. The molecule has 0 amide bonds. The molecule has 5 nitrogen and oxygen atoms in total. The fourth-order valence-corrected chi connectivity index (χ4v) is 2.70. The number of aliphatic hydroxyl groups is 1. The zero-order chi connectivity index (χ0) is 14.8. The zero-order valence-electron chi connectivity index (χ0n) is 11.1. The normalized spacial score (nSPS) is 13.8. The topological polar surface area (TPSA) is 92.4 Å². The predicted octanol–water partition coefficient (Wildman–Crippen LogP) is 1.01. The number of aliphatic hydroxyl groups excluding tert-OH is 1. The monoisotopic (exact) mass is 290 g/mol. The van der Waals surface area contributed by atoms with Gasteiger partial charge in [-0.3, -0.25) is 0 Å². The zero-order valence-corrected chi connectivity index (χ0v) is 12.0. The minimum Gasteiger partial charge on any atom is -0.399 e.